The Morgan fingerprint density at radius 2 is 1.90 bits per heavy atom. The van der Waals surface area contributed by atoms with Gasteiger partial charge in [0.1, 0.15) is 11.1 Å². The fraction of sp³-hybridized carbons (Fsp3) is 0.211. The van der Waals surface area contributed by atoms with Crippen molar-refractivity contribution in [3.8, 4) is 0 Å². The summed E-state index contributed by atoms with van der Waals surface area (Å²) in [6, 6.07) is 9.63. The Hall–Kier alpha value is -2.97. The van der Waals surface area contributed by atoms with Crippen LogP contribution in [0.1, 0.15) is 29.8 Å². The minimum atomic E-state index is -0.849. The number of carbonyl (C=O) groups excluding carboxylic acids is 2. The highest BCUT2D eigenvalue weighted by atomic mass is 35.5. The SMILES string of the molecule is CC(C)C(NC(=O)c1cccc(Cl)c1)C(=O)N/N=C\c1ccc(Cl)c([N+](=O)[O-])c1. The predicted octanol–water partition coefficient (Wildman–Crippen LogP) is 3.81. The largest absolute Gasteiger partial charge is 0.340 e. The maximum absolute atomic E-state index is 12.4. The molecular weight excluding hydrogens is 419 g/mol. The summed E-state index contributed by atoms with van der Waals surface area (Å²) < 4.78 is 0. The van der Waals surface area contributed by atoms with Crippen molar-refractivity contribution >= 4 is 46.9 Å². The highest BCUT2D eigenvalue weighted by Gasteiger charge is 2.24. The maximum Gasteiger partial charge on any atom is 0.288 e. The zero-order valence-corrected chi connectivity index (χ0v) is 17.1. The zero-order chi connectivity index (χ0) is 21.6. The summed E-state index contributed by atoms with van der Waals surface area (Å²) in [4.78, 5) is 35.1. The molecule has 29 heavy (non-hydrogen) atoms. The number of halogens is 2. The van der Waals surface area contributed by atoms with Crippen molar-refractivity contribution in [2.75, 3.05) is 0 Å². The van der Waals surface area contributed by atoms with Crippen LogP contribution in [0.4, 0.5) is 5.69 Å². The summed E-state index contributed by atoms with van der Waals surface area (Å²) in [6.45, 7) is 3.55. The van der Waals surface area contributed by atoms with Crippen molar-refractivity contribution in [2.45, 2.75) is 19.9 Å². The van der Waals surface area contributed by atoms with Gasteiger partial charge in [-0.1, -0.05) is 49.2 Å². The molecular formula is C19H18Cl2N4O4. The van der Waals surface area contributed by atoms with Crippen LogP contribution < -0.4 is 10.7 Å². The summed E-state index contributed by atoms with van der Waals surface area (Å²) in [5.41, 5.74) is 2.77. The van der Waals surface area contributed by atoms with E-state index in [1.807, 2.05) is 0 Å². The number of hydrogen-bond acceptors (Lipinski definition) is 5. The molecule has 2 N–H and O–H groups in total. The van der Waals surface area contributed by atoms with Gasteiger partial charge in [-0.2, -0.15) is 5.10 Å². The lowest BCUT2D eigenvalue weighted by Crippen LogP contribution is -2.48. The standard InChI is InChI=1S/C19H18Cl2N4O4/c1-11(2)17(23-18(26)13-4-3-5-14(20)9-13)19(27)24-22-10-12-6-7-15(21)16(8-12)25(28)29/h3-11,17H,1-2H3,(H,23,26)(H,24,27)/b22-10-. The van der Waals surface area contributed by atoms with E-state index in [0.29, 0.717) is 16.1 Å². The van der Waals surface area contributed by atoms with E-state index in [9.17, 15) is 19.7 Å². The number of carbonyl (C=O) groups is 2. The van der Waals surface area contributed by atoms with Gasteiger partial charge in [0.05, 0.1) is 11.1 Å². The van der Waals surface area contributed by atoms with Gasteiger partial charge in [-0.05, 0) is 30.2 Å². The molecule has 0 saturated carbocycles. The molecule has 8 nitrogen and oxygen atoms in total. The van der Waals surface area contributed by atoms with Crippen LogP contribution in [0.15, 0.2) is 47.6 Å². The molecule has 0 aliphatic carbocycles. The van der Waals surface area contributed by atoms with Gasteiger partial charge < -0.3 is 5.32 Å². The van der Waals surface area contributed by atoms with E-state index in [2.05, 4.69) is 15.8 Å². The van der Waals surface area contributed by atoms with E-state index in [0.717, 1.165) is 0 Å². The normalized spacial score (nSPS) is 12.0. The monoisotopic (exact) mass is 436 g/mol. The molecule has 0 radical (unpaired) electrons. The van der Waals surface area contributed by atoms with E-state index < -0.39 is 22.8 Å². The van der Waals surface area contributed by atoms with Gasteiger partial charge in [-0.25, -0.2) is 5.43 Å². The zero-order valence-electron chi connectivity index (χ0n) is 15.6. The van der Waals surface area contributed by atoms with Crippen LogP contribution in [0.5, 0.6) is 0 Å². The molecule has 0 spiro atoms. The molecule has 2 amide bonds. The number of nitrogens with zero attached hydrogens (tertiary/aromatic N) is 2. The topological polar surface area (TPSA) is 114 Å². The average molecular weight is 437 g/mol. The van der Waals surface area contributed by atoms with Crippen LogP contribution in [0.2, 0.25) is 10.0 Å². The van der Waals surface area contributed by atoms with Gasteiger partial charge in [0.25, 0.3) is 17.5 Å². The number of nitro groups is 1. The van der Waals surface area contributed by atoms with E-state index >= 15 is 0 Å². The van der Waals surface area contributed by atoms with Gasteiger partial charge in [-0.15, -0.1) is 0 Å². The third kappa shape index (κ3) is 6.27. The third-order valence-corrected chi connectivity index (χ3v) is 4.43. The molecule has 152 valence electrons. The number of hydrazone groups is 1. The van der Waals surface area contributed by atoms with Gasteiger partial charge >= 0.3 is 0 Å². The molecule has 0 aromatic heterocycles. The minimum absolute atomic E-state index is 0.000199. The average Bonchev–Trinajstić information content (AvgIpc) is 2.66. The summed E-state index contributed by atoms with van der Waals surface area (Å²) in [5.74, 6) is -1.20. The van der Waals surface area contributed by atoms with Crippen LogP contribution in [0.3, 0.4) is 0 Å². The first kappa shape index (κ1) is 22.3. The molecule has 0 saturated heterocycles. The second kappa shape index (κ2) is 9.99. The molecule has 0 aliphatic heterocycles. The summed E-state index contributed by atoms with van der Waals surface area (Å²) in [6.07, 6.45) is 1.25. The highest BCUT2D eigenvalue weighted by molar-refractivity contribution is 6.32. The van der Waals surface area contributed by atoms with Crippen LogP contribution in [-0.2, 0) is 4.79 Å². The summed E-state index contributed by atoms with van der Waals surface area (Å²) in [7, 11) is 0. The van der Waals surface area contributed by atoms with Crippen molar-refractivity contribution in [1.29, 1.82) is 0 Å². The van der Waals surface area contributed by atoms with Crippen molar-refractivity contribution in [3.63, 3.8) is 0 Å². The Kier molecular flexibility index (Phi) is 7.69. The second-order valence-electron chi connectivity index (χ2n) is 6.41. The van der Waals surface area contributed by atoms with Crippen LogP contribution in [0.25, 0.3) is 0 Å². The lowest BCUT2D eigenvalue weighted by atomic mass is 10.0. The molecule has 10 heteroatoms. The Bertz CT molecular complexity index is 963. The van der Waals surface area contributed by atoms with Crippen LogP contribution >= 0.6 is 23.2 Å². The Morgan fingerprint density at radius 3 is 2.52 bits per heavy atom. The maximum atomic E-state index is 12.4. The number of hydrogen-bond donors (Lipinski definition) is 2. The van der Waals surface area contributed by atoms with Gasteiger partial charge in [0.15, 0.2) is 0 Å². The van der Waals surface area contributed by atoms with E-state index in [1.165, 1.54) is 30.5 Å². The van der Waals surface area contributed by atoms with Crippen molar-refractivity contribution in [1.82, 2.24) is 10.7 Å². The molecule has 0 fully saturated rings. The number of rotatable bonds is 7. The minimum Gasteiger partial charge on any atom is -0.340 e. The van der Waals surface area contributed by atoms with E-state index in [1.54, 1.807) is 32.0 Å². The summed E-state index contributed by atoms with van der Waals surface area (Å²) in [5, 5.41) is 17.8. The van der Waals surface area contributed by atoms with Gasteiger partial charge in [0, 0.05) is 22.2 Å². The Morgan fingerprint density at radius 1 is 1.17 bits per heavy atom. The fourth-order valence-electron chi connectivity index (χ4n) is 2.38. The van der Waals surface area contributed by atoms with Crippen molar-refractivity contribution in [2.24, 2.45) is 11.0 Å². The molecule has 2 aromatic carbocycles. The predicted molar refractivity (Wildman–Crippen MR) is 111 cm³/mol. The first-order valence-corrected chi connectivity index (χ1v) is 9.28. The Balaban J connectivity index is 2.06. The molecule has 1 unspecified atom stereocenters. The lowest BCUT2D eigenvalue weighted by molar-refractivity contribution is -0.384. The number of nitrogens with one attached hydrogen (secondary N) is 2. The lowest BCUT2D eigenvalue weighted by Gasteiger charge is -2.20. The molecule has 0 aliphatic rings. The first-order chi connectivity index (χ1) is 13.7. The van der Waals surface area contributed by atoms with Gasteiger partial charge in [0.2, 0.25) is 0 Å². The van der Waals surface area contributed by atoms with Crippen LogP contribution in [-0.4, -0.2) is 29.0 Å². The first-order valence-electron chi connectivity index (χ1n) is 8.52. The van der Waals surface area contributed by atoms with Crippen molar-refractivity contribution < 1.29 is 14.5 Å². The molecule has 2 rings (SSSR count). The Labute approximate surface area is 177 Å². The molecule has 0 bridgehead atoms. The molecule has 1 atom stereocenters. The van der Waals surface area contributed by atoms with E-state index in [4.69, 9.17) is 23.2 Å². The van der Waals surface area contributed by atoms with Crippen molar-refractivity contribution in [3.05, 3.63) is 73.8 Å². The second-order valence-corrected chi connectivity index (χ2v) is 7.25. The number of amides is 2. The fourth-order valence-corrected chi connectivity index (χ4v) is 2.76. The van der Waals surface area contributed by atoms with E-state index in [-0.39, 0.29) is 16.6 Å². The highest BCUT2D eigenvalue weighted by Crippen LogP contribution is 2.24. The number of nitro benzene ring substituents is 1. The molecule has 0 heterocycles. The molecule has 2 aromatic rings. The van der Waals surface area contributed by atoms with Gasteiger partial charge in [-0.3, -0.25) is 19.7 Å². The van der Waals surface area contributed by atoms with Crippen LogP contribution in [0, 0.1) is 16.0 Å². The third-order valence-electron chi connectivity index (χ3n) is 3.88. The number of benzene rings is 2. The summed E-state index contributed by atoms with van der Waals surface area (Å²) >= 11 is 11.6. The quantitative estimate of drug-likeness (QED) is 0.390. The smallest absolute Gasteiger partial charge is 0.288 e.